The lowest BCUT2D eigenvalue weighted by atomic mass is 9.98. The second kappa shape index (κ2) is 8.97. The average molecular weight is 229 g/mol. The highest BCUT2D eigenvalue weighted by Crippen LogP contribution is 2.17. The molecular weight excluding hydrogens is 202 g/mol. The highest BCUT2D eigenvalue weighted by molar-refractivity contribution is 4.72. The summed E-state index contributed by atoms with van der Waals surface area (Å²) in [6.45, 7) is 7.84. The molecule has 3 nitrogen and oxygen atoms in total. The van der Waals surface area contributed by atoms with Crippen LogP contribution in [0.5, 0.6) is 0 Å². The maximum Gasteiger partial charge on any atom is 0.0506 e. The van der Waals surface area contributed by atoms with E-state index in [0.29, 0.717) is 6.61 Å². The summed E-state index contributed by atoms with van der Waals surface area (Å²) in [5.74, 6) is 0.742. The third-order valence-electron chi connectivity index (χ3n) is 3.29. The lowest BCUT2D eigenvalue weighted by molar-refractivity contribution is 0.0665. The standard InChI is InChI=1S/C13H27NO2/c1-2-16-12-13-7-6-9-14(11-13)8-4-3-5-10-15/h13,15H,2-12H2,1H3. The van der Waals surface area contributed by atoms with Crippen LogP contribution in [0.1, 0.15) is 39.0 Å². The molecule has 0 radical (unpaired) electrons. The average Bonchev–Trinajstić information content (AvgIpc) is 2.33. The van der Waals surface area contributed by atoms with Gasteiger partial charge in [0, 0.05) is 19.8 Å². The lowest BCUT2D eigenvalue weighted by Gasteiger charge is -2.32. The van der Waals surface area contributed by atoms with Crippen molar-refractivity contribution < 1.29 is 9.84 Å². The lowest BCUT2D eigenvalue weighted by Crippen LogP contribution is -2.37. The van der Waals surface area contributed by atoms with Gasteiger partial charge in [0.25, 0.3) is 0 Å². The molecule has 1 saturated heterocycles. The molecule has 0 bridgehead atoms. The van der Waals surface area contributed by atoms with E-state index in [9.17, 15) is 0 Å². The monoisotopic (exact) mass is 229 g/mol. The third-order valence-corrected chi connectivity index (χ3v) is 3.29. The number of rotatable bonds is 8. The van der Waals surface area contributed by atoms with Gasteiger partial charge in [0.05, 0.1) is 6.61 Å². The minimum absolute atomic E-state index is 0.340. The summed E-state index contributed by atoms with van der Waals surface area (Å²) in [5, 5.41) is 8.71. The molecule has 1 aliphatic heterocycles. The summed E-state index contributed by atoms with van der Waals surface area (Å²) in [4.78, 5) is 2.56. The fourth-order valence-corrected chi connectivity index (χ4v) is 2.40. The Morgan fingerprint density at radius 1 is 1.31 bits per heavy atom. The molecule has 0 amide bonds. The first-order valence-corrected chi connectivity index (χ1v) is 6.77. The van der Waals surface area contributed by atoms with Gasteiger partial charge in [0.1, 0.15) is 0 Å². The number of nitrogens with zero attached hydrogens (tertiary/aromatic N) is 1. The highest BCUT2D eigenvalue weighted by atomic mass is 16.5. The Kier molecular flexibility index (Phi) is 7.81. The van der Waals surface area contributed by atoms with Gasteiger partial charge >= 0.3 is 0 Å². The molecule has 0 spiro atoms. The van der Waals surface area contributed by atoms with Crippen LogP contribution in [-0.2, 0) is 4.74 Å². The molecule has 0 saturated carbocycles. The Labute approximate surface area is 99.8 Å². The van der Waals surface area contributed by atoms with E-state index >= 15 is 0 Å². The number of hydrogen-bond acceptors (Lipinski definition) is 3. The summed E-state index contributed by atoms with van der Waals surface area (Å²) in [7, 11) is 0. The molecule has 1 aliphatic rings. The summed E-state index contributed by atoms with van der Waals surface area (Å²) in [6.07, 6.45) is 5.98. The van der Waals surface area contributed by atoms with Crippen LogP contribution in [0.3, 0.4) is 0 Å². The van der Waals surface area contributed by atoms with Gasteiger partial charge in [-0.15, -0.1) is 0 Å². The summed E-state index contributed by atoms with van der Waals surface area (Å²) >= 11 is 0. The van der Waals surface area contributed by atoms with Crippen molar-refractivity contribution in [1.82, 2.24) is 4.90 Å². The molecule has 1 rings (SSSR count). The third kappa shape index (κ3) is 5.83. The molecule has 1 atom stereocenters. The largest absolute Gasteiger partial charge is 0.396 e. The number of hydrogen-bond donors (Lipinski definition) is 1. The molecule has 0 aliphatic carbocycles. The first kappa shape index (κ1) is 13.9. The Morgan fingerprint density at radius 2 is 2.19 bits per heavy atom. The predicted molar refractivity (Wildman–Crippen MR) is 66.6 cm³/mol. The molecule has 96 valence electrons. The van der Waals surface area contributed by atoms with E-state index < -0.39 is 0 Å². The number of likely N-dealkylation sites (tertiary alicyclic amines) is 1. The number of aliphatic hydroxyl groups excluding tert-OH is 1. The van der Waals surface area contributed by atoms with Crippen molar-refractivity contribution in [1.29, 1.82) is 0 Å². The molecule has 1 unspecified atom stereocenters. The molecule has 0 aromatic rings. The topological polar surface area (TPSA) is 32.7 Å². The molecule has 3 heteroatoms. The summed E-state index contributed by atoms with van der Waals surface area (Å²) in [6, 6.07) is 0. The molecule has 16 heavy (non-hydrogen) atoms. The zero-order chi connectivity index (χ0) is 11.6. The predicted octanol–water partition coefficient (Wildman–Crippen LogP) is 1.90. The normalized spacial score (nSPS) is 22.5. The highest BCUT2D eigenvalue weighted by Gasteiger charge is 2.19. The summed E-state index contributed by atoms with van der Waals surface area (Å²) in [5.41, 5.74) is 0. The van der Waals surface area contributed by atoms with Gasteiger partial charge in [0.2, 0.25) is 0 Å². The van der Waals surface area contributed by atoms with Crippen LogP contribution in [0.25, 0.3) is 0 Å². The second-order valence-corrected chi connectivity index (χ2v) is 4.75. The number of aliphatic hydroxyl groups is 1. The Morgan fingerprint density at radius 3 is 2.94 bits per heavy atom. The quantitative estimate of drug-likeness (QED) is 0.645. The fourth-order valence-electron chi connectivity index (χ4n) is 2.40. The van der Waals surface area contributed by atoms with Crippen molar-refractivity contribution in [2.75, 3.05) is 39.5 Å². The van der Waals surface area contributed by atoms with Gasteiger partial charge < -0.3 is 14.7 Å². The zero-order valence-corrected chi connectivity index (χ0v) is 10.7. The van der Waals surface area contributed by atoms with E-state index in [1.807, 2.05) is 0 Å². The van der Waals surface area contributed by atoms with Gasteiger partial charge in [-0.05, 0) is 58.0 Å². The smallest absolute Gasteiger partial charge is 0.0506 e. The van der Waals surface area contributed by atoms with E-state index in [4.69, 9.17) is 9.84 Å². The zero-order valence-electron chi connectivity index (χ0n) is 10.7. The Balaban J connectivity index is 2.07. The molecule has 0 aromatic carbocycles. The molecule has 1 fully saturated rings. The Hall–Kier alpha value is -0.120. The van der Waals surface area contributed by atoms with Crippen LogP contribution < -0.4 is 0 Å². The van der Waals surface area contributed by atoms with E-state index in [-0.39, 0.29) is 0 Å². The first-order valence-electron chi connectivity index (χ1n) is 6.77. The maximum atomic E-state index is 8.71. The van der Waals surface area contributed by atoms with E-state index in [0.717, 1.165) is 32.0 Å². The van der Waals surface area contributed by atoms with Crippen molar-refractivity contribution in [3.05, 3.63) is 0 Å². The van der Waals surface area contributed by atoms with E-state index in [1.165, 1.54) is 38.9 Å². The van der Waals surface area contributed by atoms with Crippen molar-refractivity contribution in [2.24, 2.45) is 5.92 Å². The van der Waals surface area contributed by atoms with E-state index in [1.54, 1.807) is 0 Å². The number of unbranched alkanes of at least 4 members (excludes halogenated alkanes) is 2. The van der Waals surface area contributed by atoms with Gasteiger partial charge in [-0.2, -0.15) is 0 Å². The first-order chi connectivity index (χ1) is 7.86. The molecule has 1 N–H and O–H groups in total. The van der Waals surface area contributed by atoms with Crippen molar-refractivity contribution in [3.63, 3.8) is 0 Å². The van der Waals surface area contributed by atoms with Gasteiger partial charge in [-0.25, -0.2) is 0 Å². The van der Waals surface area contributed by atoms with Crippen molar-refractivity contribution in [2.45, 2.75) is 39.0 Å². The van der Waals surface area contributed by atoms with Gasteiger partial charge in [0.15, 0.2) is 0 Å². The van der Waals surface area contributed by atoms with Crippen molar-refractivity contribution in [3.8, 4) is 0 Å². The minimum atomic E-state index is 0.340. The Bertz CT molecular complexity index is 164. The van der Waals surface area contributed by atoms with Crippen LogP contribution >= 0.6 is 0 Å². The fraction of sp³-hybridized carbons (Fsp3) is 1.00. The van der Waals surface area contributed by atoms with Crippen molar-refractivity contribution >= 4 is 0 Å². The van der Waals surface area contributed by atoms with Crippen LogP contribution in [0.15, 0.2) is 0 Å². The maximum absolute atomic E-state index is 8.71. The molecule has 0 aromatic heterocycles. The van der Waals surface area contributed by atoms with E-state index in [2.05, 4.69) is 11.8 Å². The van der Waals surface area contributed by atoms with Crippen LogP contribution in [0.2, 0.25) is 0 Å². The second-order valence-electron chi connectivity index (χ2n) is 4.75. The number of piperidine rings is 1. The van der Waals surface area contributed by atoms with Crippen LogP contribution in [0, 0.1) is 5.92 Å². The summed E-state index contributed by atoms with van der Waals surface area (Å²) < 4.78 is 5.50. The van der Waals surface area contributed by atoms with Crippen LogP contribution in [-0.4, -0.2) is 49.5 Å². The van der Waals surface area contributed by atoms with Gasteiger partial charge in [-0.1, -0.05) is 0 Å². The molecule has 1 heterocycles. The number of ether oxygens (including phenoxy) is 1. The minimum Gasteiger partial charge on any atom is -0.396 e. The van der Waals surface area contributed by atoms with Gasteiger partial charge in [-0.3, -0.25) is 0 Å². The SMILES string of the molecule is CCOCC1CCCN(CCCCCO)C1. The molecular formula is C13H27NO2. The van der Waals surface area contributed by atoms with Crippen LogP contribution in [0.4, 0.5) is 0 Å².